The Morgan fingerprint density at radius 1 is 0.946 bits per heavy atom. The summed E-state index contributed by atoms with van der Waals surface area (Å²) in [5, 5.41) is 1.41. The van der Waals surface area contributed by atoms with Gasteiger partial charge in [-0.1, -0.05) is 54.6 Å². The Morgan fingerprint density at radius 2 is 1.68 bits per heavy atom. The lowest BCUT2D eigenvalue weighted by Crippen LogP contribution is -2.49. The van der Waals surface area contributed by atoms with E-state index >= 15 is 0 Å². The van der Waals surface area contributed by atoms with Crippen LogP contribution in [0.2, 0.25) is 0 Å². The molecule has 0 N–H and O–H groups in total. The fraction of sp³-hybridized carbons (Fsp3) is 0.207. The maximum atomic E-state index is 13.9. The fourth-order valence-corrected chi connectivity index (χ4v) is 6.11. The predicted molar refractivity (Wildman–Crippen MR) is 148 cm³/mol. The smallest absolute Gasteiger partial charge is 0.267 e. The molecule has 8 heteroatoms. The molecule has 0 unspecified atom stereocenters. The van der Waals surface area contributed by atoms with Crippen LogP contribution < -0.4 is 15.2 Å². The lowest BCUT2D eigenvalue weighted by atomic mass is 10.1. The number of piperazine rings is 1. The third-order valence-corrected chi connectivity index (χ3v) is 8.05. The van der Waals surface area contributed by atoms with Crippen molar-refractivity contribution in [3.8, 4) is 5.75 Å². The fourth-order valence-electron chi connectivity index (χ4n) is 4.87. The second-order valence-electron chi connectivity index (χ2n) is 9.09. The number of fused-ring (bicyclic) bond motifs is 3. The van der Waals surface area contributed by atoms with Crippen LogP contribution >= 0.6 is 11.3 Å². The number of anilines is 1. The standard InChI is InChI=1S/C29H26N4O3S/c1-31-22-12-6-5-11-21(22)26-24(28(31)34)25(36-19-20-9-3-2-4-10-20)27(37-26)29(35)33-17-15-32(16-18-33)23-13-7-8-14-30-23/h2-14H,15-19H2,1H3. The Balaban J connectivity index is 1.39. The molecule has 186 valence electrons. The number of pyridine rings is 2. The Bertz CT molecular complexity index is 1640. The van der Waals surface area contributed by atoms with E-state index in [1.165, 1.54) is 11.3 Å². The Labute approximate surface area is 218 Å². The average molecular weight is 511 g/mol. The molecule has 7 nitrogen and oxygen atoms in total. The lowest BCUT2D eigenvalue weighted by Gasteiger charge is -2.35. The van der Waals surface area contributed by atoms with E-state index in [0.717, 1.165) is 27.0 Å². The first kappa shape index (κ1) is 23.2. The van der Waals surface area contributed by atoms with Gasteiger partial charge in [0.1, 0.15) is 22.7 Å². The number of ether oxygens (including phenoxy) is 1. The van der Waals surface area contributed by atoms with E-state index in [-0.39, 0.29) is 18.1 Å². The van der Waals surface area contributed by atoms with Crippen molar-refractivity contribution in [1.82, 2.24) is 14.5 Å². The van der Waals surface area contributed by atoms with Crippen LogP contribution in [0, 0.1) is 0 Å². The Kier molecular flexibility index (Phi) is 6.10. The zero-order valence-corrected chi connectivity index (χ0v) is 21.3. The maximum Gasteiger partial charge on any atom is 0.267 e. The number of rotatable bonds is 5. The number of carbonyl (C=O) groups excluding carboxylic acids is 1. The molecular weight excluding hydrogens is 484 g/mol. The van der Waals surface area contributed by atoms with Crippen LogP contribution in [0.1, 0.15) is 15.2 Å². The predicted octanol–water partition coefficient (Wildman–Crippen LogP) is 4.69. The van der Waals surface area contributed by atoms with E-state index in [0.29, 0.717) is 42.2 Å². The number of thiophene rings is 1. The minimum Gasteiger partial charge on any atom is -0.486 e. The summed E-state index contributed by atoms with van der Waals surface area (Å²) in [4.78, 5) is 36.4. The molecule has 4 heterocycles. The number of aromatic nitrogens is 2. The second kappa shape index (κ2) is 9.71. The van der Waals surface area contributed by atoms with E-state index in [4.69, 9.17) is 4.74 Å². The minimum absolute atomic E-state index is 0.101. The van der Waals surface area contributed by atoms with Gasteiger partial charge in [-0.15, -0.1) is 11.3 Å². The summed E-state index contributed by atoms with van der Waals surface area (Å²) in [6.45, 7) is 2.80. The highest BCUT2D eigenvalue weighted by atomic mass is 32.1. The SMILES string of the molecule is Cn1c(=O)c2c(OCc3ccccc3)c(C(=O)N3CCN(c4ccccn4)CC3)sc2c2ccccc21. The van der Waals surface area contributed by atoms with Gasteiger partial charge in [-0.2, -0.15) is 0 Å². The number of hydrogen-bond donors (Lipinski definition) is 0. The molecule has 0 aliphatic carbocycles. The van der Waals surface area contributed by atoms with Crippen LogP contribution in [0.25, 0.3) is 21.0 Å². The first-order valence-electron chi connectivity index (χ1n) is 12.3. The molecule has 1 aliphatic rings. The van der Waals surface area contributed by atoms with Crippen molar-refractivity contribution in [2.45, 2.75) is 6.61 Å². The van der Waals surface area contributed by atoms with Crippen molar-refractivity contribution in [1.29, 1.82) is 0 Å². The zero-order chi connectivity index (χ0) is 25.4. The molecule has 2 aromatic carbocycles. The van der Waals surface area contributed by atoms with E-state index in [1.807, 2.05) is 77.7 Å². The third kappa shape index (κ3) is 4.23. The van der Waals surface area contributed by atoms with Gasteiger partial charge in [0.25, 0.3) is 11.5 Å². The normalized spacial score (nSPS) is 13.9. The van der Waals surface area contributed by atoms with Crippen LogP contribution in [0.4, 0.5) is 5.82 Å². The Morgan fingerprint density at radius 3 is 2.43 bits per heavy atom. The molecule has 6 rings (SSSR count). The molecule has 5 aromatic rings. The topological polar surface area (TPSA) is 67.7 Å². The van der Waals surface area contributed by atoms with Crippen molar-refractivity contribution in [3.05, 3.63) is 99.8 Å². The maximum absolute atomic E-state index is 13.9. The summed E-state index contributed by atoms with van der Waals surface area (Å²) in [5.74, 6) is 1.20. The van der Waals surface area contributed by atoms with Crippen molar-refractivity contribution in [2.24, 2.45) is 7.05 Å². The van der Waals surface area contributed by atoms with Gasteiger partial charge in [0.05, 0.1) is 10.2 Å². The number of para-hydroxylation sites is 1. The number of nitrogens with zero attached hydrogens (tertiary/aromatic N) is 4. The molecular formula is C29H26N4O3S. The van der Waals surface area contributed by atoms with Gasteiger partial charge >= 0.3 is 0 Å². The minimum atomic E-state index is -0.160. The summed E-state index contributed by atoms with van der Waals surface area (Å²) < 4.78 is 8.72. The summed E-state index contributed by atoms with van der Waals surface area (Å²) in [6.07, 6.45) is 1.78. The molecule has 0 bridgehead atoms. The van der Waals surface area contributed by atoms with Gasteiger partial charge < -0.3 is 19.1 Å². The molecule has 3 aromatic heterocycles. The van der Waals surface area contributed by atoms with Gasteiger partial charge in [-0.25, -0.2) is 4.98 Å². The molecule has 0 saturated carbocycles. The van der Waals surface area contributed by atoms with Crippen molar-refractivity contribution in [3.63, 3.8) is 0 Å². The highest BCUT2D eigenvalue weighted by molar-refractivity contribution is 7.22. The quantitative estimate of drug-likeness (QED) is 0.343. The van der Waals surface area contributed by atoms with Crippen LogP contribution in [0.5, 0.6) is 5.75 Å². The third-order valence-electron chi connectivity index (χ3n) is 6.85. The van der Waals surface area contributed by atoms with Crippen molar-refractivity contribution >= 4 is 44.1 Å². The van der Waals surface area contributed by atoms with Gasteiger partial charge in [0, 0.05) is 44.8 Å². The number of hydrogen-bond acceptors (Lipinski definition) is 6. The molecule has 1 saturated heterocycles. The molecule has 0 spiro atoms. The molecule has 0 radical (unpaired) electrons. The second-order valence-corrected chi connectivity index (χ2v) is 10.1. The molecule has 1 aliphatic heterocycles. The largest absolute Gasteiger partial charge is 0.486 e. The van der Waals surface area contributed by atoms with Crippen LogP contribution in [0.15, 0.2) is 83.8 Å². The summed E-state index contributed by atoms with van der Waals surface area (Å²) >= 11 is 1.35. The summed E-state index contributed by atoms with van der Waals surface area (Å²) in [5.41, 5.74) is 1.65. The number of amides is 1. The van der Waals surface area contributed by atoms with Crippen molar-refractivity contribution < 1.29 is 9.53 Å². The highest BCUT2D eigenvalue weighted by Gasteiger charge is 2.30. The van der Waals surface area contributed by atoms with Gasteiger partial charge in [-0.05, 0) is 23.8 Å². The van der Waals surface area contributed by atoms with Gasteiger partial charge in [0.2, 0.25) is 0 Å². The van der Waals surface area contributed by atoms with Crippen LogP contribution in [-0.2, 0) is 13.7 Å². The monoisotopic (exact) mass is 510 g/mol. The molecule has 1 amide bonds. The average Bonchev–Trinajstić information content (AvgIpc) is 3.35. The first-order chi connectivity index (χ1) is 18.1. The van der Waals surface area contributed by atoms with Gasteiger partial charge in [0.15, 0.2) is 5.75 Å². The van der Waals surface area contributed by atoms with Crippen LogP contribution in [0.3, 0.4) is 0 Å². The number of carbonyl (C=O) groups is 1. The van der Waals surface area contributed by atoms with Gasteiger partial charge in [-0.3, -0.25) is 9.59 Å². The molecule has 0 atom stereocenters. The first-order valence-corrected chi connectivity index (χ1v) is 13.1. The van der Waals surface area contributed by atoms with E-state index in [1.54, 1.807) is 17.8 Å². The number of benzene rings is 2. The summed E-state index contributed by atoms with van der Waals surface area (Å²) in [6, 6.07) is 23.4. The van der Waals surface area contributed by atoms with E-state index in [9.17, 15) is 9.59 Å². The van der Waals surface area contributed by atoms with E-state index < -0.39 is 0 Å². The van der Waals surface area contributed by atoms with Crippen molar-refractivity contribution in [2.75, 3.05) is 31.1 Å². The molecule has 37 heavy (non-hydrogen) atoms. The zero-order valence-electron chi connectivity index (χ0n) is 20.5. The Hall–Kier alpha value is -4.17. The van der Waals surface area contributed by atoms with Crippen LogP contribution in [-0.4, -0.2) is 46.5 Å². The lowest BCUT2D eigenvalue weighted by molar-refractivity contribution is 0.0747. The number of aryl methyl sites for hydroxylation is 1. The summed E-state index contributed by atoms with van der Waals surface area (Å²) in [7, 11) is 1.76. The highest BCUT2D eigenvalue weighted by Crippen LogP contribution is 2.40. The molecule has 1 fully saturated rings. The van der Waals surface area contributed by atoms with E-state index in [2.05, 4.69) is 9.88 Å².